The molecule has 1 saturated carbocycles. The Balaban J connectivity index is 1.83. The lowest BCUT2D eigenvalue weighted by molar-refractivity contribution is -0.131. The molecule has 0 saturated heterocycles. The predicted molar refractivity (Wildman–Crippen MR) is 77.9 cm³/mol. The molecule has 0 heterocycles. The number of rotatable bonds is 7. The van der Waals surface area contributed by atoms with Crippen LogP contribution in [0.3, 0.4) is 0 Å². The van der Waals surface area contributed by atoms with E-state index in [2.05, 4.69) is 31.2 Å². The van der Waals surface area contributed by atoms with Gasteiger partial charge in [-0.3, -0.25) is 4.79 Å². The molecule has 2 rings (SSSR count). The largest absolute Gasteiger partial charge is 0.340 e. The van der Waals surface area contributed by atoms with Gasteiger partial charge in [-0.1, -0.05) is 29.8 Å². The second-order valence-electron chi connectivity index (χ2n) is 5.45. The normalized spacial score (nSPS) is 14.4. The van der Waals surface area contributed by atoms with Crippen LogP contribution in [0.2, 0.25) is 0 Å². The van der Waals surface area contributed by atoms with E-state index in [-0.39, 0.29) is 5.91 Å². The highest BCUT2D eigenvalue weighted by Crippen LogP contribution is 2.27. The zero-order valence-electron chi connectivity index (χ0n) is 11.8. The lowest BCUT2D eigenvalue weighted by Gasteiger charge is -2.22. The molecule has 0 spiro atoms. The number of carbonyl (C=O) groups is 1. The second-order valence-corrected chi connectivity index (χ2v) is 5.45. The third kappa shape index (κ3) is 4.35. The van der Waals surface area contributed by atoms with Crippen molar-refractivity contribution >= 4 is 5.91 Å². The maximum Gasteiger partial charge on any atom is 0.223 e. The van der Waals surface area contributed by atoms with Crippen molar-refractivity contribution in [2.75, 3.05) is 13.1 Å². The van der Waals surface area contributed by atoms with Crippen LogP contribution in [-0.4, -0.2) is 29.9 Å². The summed E-state index contributed by atoms with van der Waals surface area (Å²) in [6.45, 7) is 3.57. The Morgan fingerprint density at radius 1 is 1.32 bits per heavy atom. The maximum absolute atomic E-state index is 12.3. The topological polar surface area (TPSA) is 46.3 Å². The molecule has 1 fully saturated rings. The van der Waals surface area contributed by atoms with Gasteiger partial charge in [0.05, 0.1) is 0 Å². The molecule has 19 heavy (non-hydrogen) atoms. The molecule has 0 unspecified atom stereocenters. The Bertz CT molecular complexity index is 409. The molecule has 104 valence electrons. The monoisotopic (exact) mass is 260 g/mol. The number of carbonyl (C=O) groups excluding carboxylic acids is 1. The van der Waals surface area contributed by atoms with Crippen molar-refractivity contribution in [3.63, 3.8) is 0 Å². The van der Waals surface area contributed by atoms with Crippen LogP contribution in [0.5, 0.6) is 0 Å². The summed E-state index contributed by atoms with van der Waals surface area (Å²) >= 11 is 0. The van der Waals surface area contributed by atoms with Gasteiger partial charge < -0.3 is 10.6 Å². The minimum Gasteiger partial charge on any atom is -0.340 e. The van der Waals surface area contributed by atoms with Gasteiger partial charge in [0, 0.05) is 19.0 Å². The summed E-state index contributed by atoms with van der Waals surface area (Å²) in [5.41, 5.74) is 8.04. The van der Waals surface area contributed by atoms with Crippen molar-refractivity contribution in [2.45, 2.75) is 45.1 Å². The number of nitrogens with zero attached hydrogens (tertiary/aromatic N) is 1. The van der Waals surface area contributed by atoms with Gasteiger partial charge in [0.2, 0.25) is 5.91 Å². The third-order valence-electron chi connectivity index (χ3n) is 3.66. The van der Waals surface area contributed by atoms with Crippen molar-refractivity contribution in [1.82, 2.24) is 4.90 Å². The zero-order chi connectivity index (χ0) is 13.7. The van der Waals surface area contributed by atoms with Crippen molar-refractivity contribution in [3.05, 3.63) is 35.4 Å². The Morgan fingerprint density at radius 3 is 2.58 bits per heavy atom. The fourth-order valence-electron chi connectivity index (χ4n) is 2.31. The molecule has 3 nitrogen and oxygen atoms in total. The fraction of sp³-hybridized carbons (Fsp3) is 0.562. The molecule has 0 aliphatic heterocycles. The van der Waals surface area contributed by atoms with Crippen LogP contribution in [0.25, 0.3) is 0 Å². The average molecular weight is 260 g/mol. The first kappa shape index (κ1) is 14.1. The first-order chi connectivity index (χ1) is 9.20. The fourth-order valence-corrected chi connectivity index (χ4v) is 2.31. The van der Waals surface area contributed by atoms with Crippen LogP contribution in [0.1, 0.15) is 36.8 Å². The highest BCUT2D eigenvalue weighted by molar-refractivity contribution is 5.77. The molecular formula is C16H24N2O. The molecule has 0 atom stereocenters. The minimum atomic E-state index is 0.288. The van der Waals surface area contributed by atoms with Crippen LogP contribution in [0.15, 0.2) is 24.3 Å². The molecule has 0 aromatic heterocycles. The van der Waals surface area contributed by atoms with Crippen molar-refractivity contribution in [2.24, 2.45) is 5.73 Å². The Hall–Kier alpha value is -1.35. The quantitative estimate of drug-likeness (QED) is 0.817. The van der Waals surface area contributed by atoms with E-state index in [1.807, 2.05) is 4.90 Å². The van der Waals surface area contributed by atoms with Gasteiger partial charge in [-0.05, 0) is 44.7 Å². The van der Waals surface area contributed by atoms with Crippen LogP contribution < -0.4 is 5.73 Å². The zero-order valence-corrected chi connectivity index (χ0v) is 11.8. The van der Waals surface area contributed by atoms with Crippen LogP contribution >= 0.6 is 0 Å². The van der Waals surface area contributed by atoms with E-state index >= 15 is 0 Å². The molecule has 1 aliphatic rings. The van der Waals surface area contributed by atoms with Crippen molar-refractivity contribution in [3.8, 4) is 0 Å². The molecule has 1 aromatic carbocycles. The number of amides is 1. The first-order valence-corrected chi connectivity index (χ1v) is 7.26. The summed E-state index contributed by atoms with van der Waals surface area (Å²) in [6, 6.07) is 8.94. The number of nitrogens with two attached hydrogens (primary N) is 1. The van der Waals surface area contributed by atoms with E-state index in [0.29, 0.717) is 19.0 Å². The Labute approximate surface area is 115 Å². The SMILES string of the molecule is Cc1ccc(CCC(=O)N(CCCN)C2CC2)cc1. The second kappa shape index (κ2) is 6.71. The van der Waals surface area contributed by atoms with Gasteiger partial charge in [0.25, 0.3) is 0 Å². The third-order valence-corrected chi connectivity index (χ3v) is 3.66. The summed E-state index contributed by atoms with van der Waals surface area (Å²) in [5, 5.41) is 0. The van der Waals surface area contributed by atoms with Gasteiger partial charge >= 0.3 is 0 Å². The van der Waals surface area contributed by atoms with Gasteiger partial charge in [-0.25, -0.2) is 0 Å². The number of hydrogen-bond donors (Lipinski definition) is 1. The molecule has 1 amide bonds. The van der Waals surface area contributed by atoms with E-state index in [1.165, 1.54) is 24.0 Å². The van der Waals surface area contributed by atoms with Crippen molar-refractivity contribution in [1.29, 1.82) is 0 Å². The van der Waals surface area contributed by atoms with E-state index < -0.39 is 0 Å². The summed E-state index contributed by atoms with van der Waals surface area (Å²) < 4.78 is 0. The summed E-state index contributed by atoms with van der Waals surface area (Å²) in [5.74, 6) is 0.288. The van der Waals surface area contributed by atoms with Crippen LogP contribution in [0, 0.1) is 6.92 Å². The highest BCUT2D eigenvalue weighted by atomic mass is 16.2. The molecule has 3 heteroatoms. The highest BCUT2D eigenvalue weighted by Gasteiger charge is 2.31. The Kier molecular flexibility index (Phi) is 4.97. The molecule has 1 aliphatic carbocycles. The van der Waals surface area contributed by atoms with Gasteiger partial charge in [-0.2, -0.15) is 0 Å². The summed E-state index contributed by atoms with van der Waals surface area (Å²) in [6.07, 6.45) is 4.70. The van der Waals surface area contributed by atoms with Crippen LogP contribution in [-0.2, 0) is 11.2 Å². The van der Waals surface area contributed by atoms with Gasteiger partial charge in [-0.15, -0.1) is 0 Å². The number of benzene rings is 1. The Morgan fingerprint density at radius 2 is 2.00 bits per heavy atom. The number of hydrogen-bond acceptors (Lipinski definition) is 2. The average Bonchev–Trinajstić information content (AvgIpc) is 3.23. The summed E-state index contributed by atoms with van der Waals surface area (Å²) in [4.78, 5) is 14.3. The summed E-state index contributed by atoms with van der Waals surface area (Å²) in [7, 11) is 0. The predicted octanol–water partition coefficient (Wildman–Crippen LogP) is 2.27. The van der Waals surface area contributed by atoms with Crippen molar-refractivity contribution < 1.29 is 4.79 Å². The molecule has 2 N–H and O–H groups in total. The minimum absolute atomic E-state index is 0.288. The van der Waals surface area contributed by atoms with E-state index in [9.17, 15) is 4.79 Å². The smallest absolute Gasteiger partial charge is 0.223 e. The molecule has 0 radical (unpaired) electrons. The van der Waals surface area contributed by atoms with E-state index in [4.69, 9.17) is 5.73 Å². The van der Waals surface area contributed by atoms with E-state index in [1.54, 1.807) is 0 Å². The van der Waals surface area contributed by atoms with Gasteiger partial charge in [0.1, 0.15) is 0 Å². The number of aryl methyl sites for hydroxylation is 2. The lowest BCUT2D eigenvalue weighted by Crippen LogP contribution is -2.35. The first-order valence-electron chi connectivity index (χ1n) is 7.26. The van der Waals surface area contributed by atoms with Gasteiger partial charge in [0.15, 0.2) is 0 Å². The molecule has 0 bridgehead atoms. The van der Waals surface area contributed by atoms with Crippen LogP contribution in [0.4, 0.5) is 0 Å². The maximum atomic E-state index is 12.3. The molecule has 1 aromatic rings. The lowest BCUT2D eigenvalue weighted by atomic mass is 10.1. The standard InChI is InChI=1S/C16H24N2O/c1-13-3-5-14(6-4-13)7-10-16(19)18(12-2-11-17)15-8-9-15/h3-6,15H,2,7-12,17H2,1H3. The van der Waals surface area contributed by atoms with E-state index in [0.717, 1.165) is 19.4 Å². The molecular weight excluding hydrogens is 236 g/mol.